The Kier molecular flexibility index (Phi) is 4.56. The van der Waals surface area contributed by atoms with E-state index in [0.717, 1.165) is 11.5 Å². The molecule has 0 spiro atoms. The van der Waals surface area contributed by atoms with Gasteiger partial charge in [-0.05, 0) is 25.3 Å². The summed E-state index contributed by atoms with van der Waals surface area (Å²) in [5.74, 6) is 6.70. The highest BCUT2D eigenvalue weighted by molar-refractivity contribution is 7.12. The van der Waals surface area contributed by atoms with Gasteiger partial charge in [-0.2, -0.15) is 0 Å². The number of nitrogens with one attached hydrogen (secondary N) is 1. The molecule has 0 radical (unpaired) electrons. The average molecular weight is 289 g/mol. The lowest BCUT2D eigenvalue weighted by atomic mass is 10.2. The third-order valence-corrected chi connectivity index (χ3v) is 3.58. The number of aromatic nitrogens is 1. The zero-order valence-corrected chi connectivity index (χ0v) is 12.1. The first kappa shape index (κ1) is 14.3. The van der Waals surface area contributed by atoms with E-state index in [0.29, 0.717) is 16.3 Å². The molecule has 5 nitrogen and oxygen atoms in total. The average Bonchev–Trinajstić information content (AvgIpc) is 3.01. The van der Waals surface area contributed by atoms with E-state index in [-0.39, 0.29) is 19.0 Å². The van der Waals surface area contributed by atoms with Gasteiger partial charge in [0.2, 0.25) is 5.89 Å². The van der Waals surface area contributed by atoms with Crippen LogP contribution < -0.4 is 11.1 Å². The standard InChI is InChI=1S/C14H15N3O2S/c1-9-10(2)19-12(17-9)8-16-14(18)13-11(4-3-6-15)5-7-20-13/h5,7H,6,8,15H2,1-2H3,(H,16,18). The molecule has 0 aromatic carbocycles. The second kappa shape index (κ2) is 6.37. The minimum absolute atomic E-state index is 0.185. The Morgan fingerprint density at radius 2 is 2.35 bits per heavy atom. The first-order chi connectivity index (χ1) is 9.61. The van der Waals surface area contributed by atoms with Gasteiger partial charge >= 0.3 is 0 Å². The van der Waals surface area contributed by atoms with E-state index in [1.54, 1.807) is 0 Å². The molecule has 0 aliphatic carbocycles. The summed E-state index contributed by atoms with van der Waals surface area (Å²) in [4.78, 5) is 16.9. The number of carbonyl (C=O) groups excluding carboxylic acids is 1. The van der Waals surface area contributed by atoms with Crippen LogP contribution in [-0.4, -0.2) is 17.4 Å². The van der Waals surface area contributed by atoms with Crippen molar-refractivity contribution in [3.05, 3.63) is 39.2 Å². The van der Waals surface area contributed by atoms with Gasteiger partial charge in [0.15, 0.2) is 0 Å². The maximum atomic E-state index is 12.1. The van der Waals surface area contributed by atoms with Crippen LogP contribution in [0.5, 0.6) is 0 Å². The molecule has 6 heteroatoms. The largest absolute Gasteiger partial charge is 0.444 e. The van der Waals surface area contributed by atoms with Crippen molar-refractivity contribution in [2.45, 2.75) is 20.4 Å². The third kappa shape index (κ3) is 3.26. The van der Waals surface area contributed by atoms with Crippen molar-refractivity contribution in [3.63, 3.8) is 0 Å². The molecule has 2 aromatic heterocycles. The molecule has 0 fully saturated rings. The summed E-state index contributed by atoms with van der Waals surface area (Å²) in [7, 11) is 0. The highest BCUT2D eigenvalue weighted by Crippen LogP contribution is 2.16. The van der Waals surface area contributed by atoms with E-state index in [4.69, 9.17) is 10.2 Å². The fourth-order valence-electron chi connectivity index (χ4n) is 1.58. The summed E-state index contributed by atoms with van der Waals surface area (Å²) < 4.78 is 5.41. The molecule has 1 amide bonds. The summed E-state index contributed by atoms with van der Waals surface area (Å²) in [6, 6.07) is 1.81. The van der Waals surface area contributed by atoms with Crippen molar-refractivity contribution < 1.29 is 9.21 Å². The molecule has 2 rings (SSSR count). The predicted molar refractivity (Wildman–Crippen MR) is 77.4 cm³/mol. The van der Waals surface area contributed by atoms with Crippen molar-refractivity contribution in [1.82, 2.24) is 10.3 Å². The van der Waals surface area contributed by atoms with Crippen LogP contribution in [0.1, 0.15) is 32.6 Å². The Morgan fingerprint density at radius 1 is 1.55 bits per heavy atom. The zero-order chi connectivity index (χ0) is 14.5. The molecule has 0 aliphatic rings. The minimum atomic E-state index is -0.185. The second-order valence-corrected chi connectivity index (χ2v) is 5.02. The molecule has 0 unspecified atom stereocenters. The van der Waals surface area contributed by atoms with Crippen LogP contribution in [0, 0.1) is 25.7 Å². The Balaban J connectivity index is 2.03. The Labute approximate surface area is 121 Å². The number of hydrogen-bond donors (Lipinski definition) is 2. The molecule has 2 aromatic rings. The van der Waals surface area contributed by atoms with Gasteiger partial charge in [0.1, 0.15) is 10.6 Å². The molecular formula is C14H15N3O2S. The first-order valence-corrected chi connectivity index (χ1v) is 6.97. The molecule has 0 saturated carbocycles. The second-order valence-electron chi connectivity index (χ2n) is 4.10. The number of hydrogen-bond acceptors (Lipinski definition) is 5. The zero-order valence-electron chi connectivity index (χ0n) is 11.3. The van der Waals surface area contributed by atoms with Crippen LogP contribution in [0.15, 0.2) is 15.9 Å². The maximum absolute atomic E-state index is 12.1. The normalized spacial score (nSPS) is 9.95. The number of amides is 1. The monoisotopic (exact) mass is 289 g/mol. The molecule has 2 heterocycles. The van der Waals surface area contributed by atoms with E-state index in [2.05, 4.69) is 22.1 Å². The fourth-order valence-corrected chi connectivity index (χ4v) is 2.35. The van der Waals surface area contributed by atoms with E-state index in [1.165, 1.54) is 11.3 Å². The maximum Gasteiger partial charge on any atom is 0.263 e. The number of thiophene rings is 1. The van der Waals surface area contributed by atoms with E-state index < -0.39 is 0 Å². The molecule has 0 atom stereocenters. The van der Waals surface area contributed by atoms with Crippen LogP contribution in [0.25, 0.3) is 0 Å². The summed E-state index contributed by atoms with van der Waals surface area (Å²) in [5.41, 5.74) is 6.86. The minimum Gasteiger partial charge on any atom is -0.444 e. The first-order valence-electron chi connectivity index (χ1n) is 6.09. The van der Waals surface area contributed by atoms with Gasteiger partial charge < -0.3 is 15.5 Å². The SMILES string of the molecule is Cc1nc(CNC(=O)c2sccc2C#CCN)oc1C. The van der Waals surface area contributed by atoms with Gasteiger partial charge in [-0.15, -0.1) is 11.3 Å². The molecule has 0 saturated heterocycles. The number of nitrogens with two attached hydrogens (primary N) is 1. The van der Waals surface area contributed by atoms with Crippen molar-refractivity contribution in [3.8, 4) is 11.8 Å². The lowest BCUT2D eigenvalue weighted by Gasteiger charge is -2.01. The Morgan fingerprint density at radius 3 is 3.00 bits per heavy atom. The van der Waals surface area contributed by atoms with Gasteiger partial charge in [-0.3, -0.25) is 4.79 Å². The van der Waals surface area contributed by atoms with Crippen molar-refractivity contribution in [1.29, 1.82) is 0 Å². The lowest BCUT2D eigenvalue weighted by Crippen LogP contribution is -2.22. The van der Waals surface area contributed by atoms with Gasteiger partial charge in [0, 0.05) is 5.56 Å². The molecule has 104 valence electrons. The Hall–Kier alpha value is -2.10. The fraction of sp³-hybridized carbons (Fsp3) is 0.286. The van der Waals surface area contributed by atoms with Crippen LogP contribution in [0.4, 0.5) is 0 Å². The van der Waals surface area contributed by atoms with Gasteiger partial charge in [-0.1, -0.05) is 11.8 Å². The van der Waals surface area contributed by atoms with E-state index >= 15 is 0 Å². The number of aryl methyl sites for hydroxylation is 2. The van der Waals surface area contributed by atoms with Gasteiger partial charge in [-0.25, -0.2) is 4.98 Å². The van der Waals surface area contributed by atoms with Gasteiger partial charge in [0.25, 0.3) is 5.91 Å². The summed E-state index contributed by atoms with van der Waals surface area (Å²) >= 11 is 1.35. The van der Waals surface area contributed by atoms with Crippen molar-refractivity contribution >= 4 is 17.2 Å². The van der Waals surface area contributed by atoms with E-state index in [1.807, 2.05) is 25.3 Å². The van der Waals surface area contributed by atoms with Crippen LogP contribution in [0.2, 0.25) is 0 Å². The van der Waals surface area contributed by atoms with Crippen molar-refractivity contribution in [2.24, 2.45) is 5.73 Å². The van der Waals surface area contributed by atoms with Crippen LogP contribution >= 0.6 is 11.3 Å². The van der Waals surface area contributed by atoms with Crippen LogP contribution in [0.3, 0.4) is 0 Å². The van der Waals surface area contributed by atoms with Crippen LogP contribution in [-0.2, 0) is 6.54 Å². The number of rotatable bonds is 3. The summed E-state index contributed by atoms with van der Waals surface area (Å²) in [6.45, 7) is 4.23. The third-order valence-electron chi connectivity index (χ3n) is 2.67. The highest BCUT2D eigenvalue weighted by atomic mass is 32.1. The summed E-state index contributed by atoms with van der Waals surface area (Å²) in [6.07, 6.45) is 0. The van der Waals surface area contributed by atoms with Gasteiger partial charge in [0.05, 0.1) is 18.8 Å². The molecule has 0 aliphatic heterocycles. The predicted octanol–water partition coefficient (Wildman–Crippen LogP) is 1.59. The number of carbonyl (C=O) groups is 1. The Bertz CT molecular complexity index is 657. The lowest BCUT2D eigenvalue weighted by molar-refractivity contribution is 0.0951. The smallest absolute Gasteiger partial charge is 0.263 e. The van der Waals surface area contributed by atoms with E-state index in [9.17, 15) is 4.79 Å². The number of oxazole rings is 1. The quantitative estimate of drug-likeness (QED) is 0.841. The molecular weight excluding hydrogens is 274 g/mol. The highest BCUT2D eigenvalue weighted by Gasteiger charge is 2.13. The van der Waals surface area contributed by atoms with Crippen molar-refractivity contribution in [2.75, 3.05) is 6.54 Å². The molecule has 0 bridgehead atoms. The number of nitrogens with zero attached hydrogens (tertiary/aromatic N) is 1. The molecule has 3 N–H and O–H groups in total. The summed E-state index contributed by atoms with van der Waals surface area (Å²) in [5, 5.41) is 4.60. The molecule has 20 heavy (non-hydrogen) atoms. The topological polar surface area (TPSA) is 81.2 Å².